The number of fused-ring (bicyclic) bond motifs is 3. The SMILES string of the molecule is N#CC1CC(F)(F)CN1C(=O)CN1C(=O)C2(CC(Oc3ccc4[nH]ncc4n3)C2)c2ccccc21. The minimum absolute atomic E-state index is 0.250. The van der Waals surface area contributed by atoms with Crippen molar-refractivity contribution >= 4 is 28.5 Å². The molecule has 3 aromatic rings. The number of para-hydroxylation sites is 1. The van der Waals surface area contributed by atoms with Gasteiger partial charge in [-0.1, -0.05) is 18.2 Å². The van der Waals surface area contributed by atoms with E-state index in [1.54, 1.807) is 30.5 Å². The summed E-state index contributed by atoms with van der Waals surface area (Å²) in [7, 11) is 0. The number of halogens is 2. The van der Waals surface area contributed by atoms with Gasteiger partial charge in [-0.15, -0.1) is 0 Å². The van der Waals surface area contributed by atoms with E-state index < -0.39 is 42.8 Å². The molecule has 3 aliphatic rings. The summed E-state index contributed by atoms with van der Waals surface area (Å²) in [4.78, 5) is 33.2. The summed E-state index contributed by atoms with van der Waals surface area (Å²) in [5, 5.41) is 16.0. The lowest BCUT2D eigenvalue weighted by Gasteiger charge is -2.43. The summed E-state index contributed by atoms with van der Waals surface area (Å²) < 4.78 is 33.7. The van der Waals surface area contributed by atoms with E-state index in [0.717, 1.165) is 16.0 Å². The van der Waals surface area contributed by atoms with Crippen molar-refractivity contribution in [2.24, 2.45) is 0 Å². The van der Waals surface area contributed by atoms with E-state index in [9.17, 15) is 23.6 Å². The molecule has 0 bridgehead atoms. The van der Waals surface area contributed by atoms with Crippen molar-refractivity contribution in [2.45, 2.75) is 42.7 Å². The highest BCUT2D eigenvalue weighted by atomic mass is 19.3. The molecule has 2 aliphatic heterocycles. The van der Waals surface area contributed by atoms with Gasteiger partial charge in [0.05, 0.1) is 29.7 Å². The van der Waals surface area contributed by atoms with Gasteiger partial charge in [-0.3, -0.25) is 14.7 Å². The quantitative estimate of drug-likeness (QED) is 0.616. The van der Waals surface area contributed by atoms with Gasteiger partial charge in [0.15, 0.2) is 0 Å². The van der Waals surface area contributed by atoms with Gasteiger partial charge in [-0.25, -0.2) is 13.8 Å². The molecule has 2 amide bonds. The van der Waals surface area contributed by atoms with Crippen LogP contribution in [0.25, 0.3) is 11.0 Å². The van der Waals surface area contributed by atoms with E-state index in [1.165, 1.54) is 4.90 Å². The zero-order valence-corrected chi connectivity index (χ0v) is 18.4. The van der Waals surface area contributed by atoms with Gasteiger partial charge >= 0.3 is 0 Å². The lowest BCUT2D eigenvalue weighted by Crippen LogP contribution is -2.55. The van der Waals surface area contributed by atoms with E-state index in [1.807, 2.05) is 18.2 Å². The van der Waals surface area contributed by atoms with E-state index in [0.29, 0.717) is 29.9 Å². The Morgan fingerprint density at radius 3 is 2.83 bits per heavy atom. The number of nitrogens with zero attached hydrogens (tertiary/aromatic N) is 5. The number of amides is 2. The van der Waals surface area contributed by atoms with Crippen LogP contribution in [0.2, 0.25) is 0 Å². The van der Waals surface area contributed by atoms with Crippen molar-refractivity contribution in [3.8, 4) is 11.9 Å². The molecule has 1 N–H and O–H groups in total. The molecule has 1 saturated carbocycles. The normalized spacial score (nSPS) is 26.6. The lowest BCUT2D eigenvalue weighted by atomic mass is 9.63. The average molecular weight is 478 g/mol. The number of benzene rings is 1. The Hall–Kier alpha value is -4.07. The van der Waals surface area contributed by atoms with Crippen LogP contribution >= 0.6 is 0 Å². The summed E-state index contributed by atoms with van der Waals surface area (Å²) in [5.41, 5.74) is 2.00. The molecule has 35 heavy (non-hydrogen) atoms. The molecule has 1 spiro atoms. The summed E-state index contributed by atoms with van der Waals surface area (Å²) in [6, 6.07) is 11.3. The molecule has 2 aromatic heterocycles. The maximum absolute atomic E-state index is 13.8. The first-order valence-corrected chi connectivity index (χ1v) is 11.2. The number of pyridine rings is 1. The summed E-state index contributed by atoms with van der Waals surface area (Å²) in [5.74, 6) is -3.61. The molecule has 1 aromatic carbocycles. The number of nitrogens with one attached hydrogen (secondary N) is 1. The molecule has 2 fully saturated rings. The van der Waals surface area contributed by atoms with Gasteiger partial charge in [0.2, 0.25) is 17.7 Å². The molecular weight excluding hydrogens is 458 g/mol. The van der Waals surface area contributed by atoms with Crippen molar-refractivity contribution in [2.75, 3.05) is 18.0 Å². The molecule has 4 heterocycles. The van der Waals surface area contributed by atoms with Crippen molar-refractivity contribution in [3.63, 3.8) is 0 Å². The smallest absolute Gasteiger partial charge is 0.268 e. The number of hydrogen-bond acceptors (Lipinski definition) is 6. The molecule has 178 valence electrons. The van der Waals surface area contributed by atoms with Crippen LogP contribution < -0.4 is 9.64 Å². The molecule has 1 aliphatic carbocycles. The Bertz CT molecular complexity index is 1390. The van der Waals surface area contributed by atoms with Crippen molar-refractivity contribution in [1.82, 2.24) is 20.1 Å². The fourth-order valence-electron chi connectivity index (χ4n) is 5.42. The minimum atomic E-state index is -3.11. The number of ether oxygens (including phenoxy) is 1. The average Bonchev–Trinajstić information content (AvgIpc) is 3.47. The number of alkyl halides is 2. The molecule has 11 heteroatoms. The highest BCUT2D eigenvalue weighted by molar-refractivity contribution is 6.11. The van der Waals surface area contributed by atoms with Gasteiger partial charge in [-0.05, 0) is 17.7 Å². The van der Waals surface area contributed by atoms with Gasteiger partial charge in [-0.2, -0.15) is 10.4 Å². The molecule has 1 saturated heterocycles. The first-order valence-electron chi connectivity index (χ1n) is 11.2. The third-order valence-electron chi connectivity index (χ3n) is 7.11. The van der Waals surface area contributed by atoms with E-state index >= 15 is 0 Å². The van der Waals surface area contributed by atoms with Gasteiger partial charge in [0.1, 0.15) is 24.2 Å². The number of aromatic amines is 1. The predicted molar refractivity (Wildman–Crippen MR) is 119 cm³/mol. The number of carbonyl (C=O) groups is 2. The Balaban J connectivity index is 1.20. The second kappa shape index (κ2) is 7.46. The predicted octanol–water partition coefficient (Wildman–Crippen LogP) is 2.54. The fraction of sp³-hybridized carbons (Fsp3) is 0.375. The van der Waals surface area contributed by atoms with Crippen LogP contribution in [-0.2, 0) is 15.0 Å². The topological polar surface area (TPSA) is 115 Å². The second-order valence-electron chi connectivity index (χ2n) is 9.32. The third kappa shape index (κ3) is 3.31. The molecule has 0 radical (unpaired) electrons. The minimum Gasteiger partial charge on any atom is -0.474 e. The van der Waals surface area contributed by atoms with Crippen LogP contribution in [0.5, 0.6) is 5.88 Å². The van der Waals surface area contributed by atoms with E-state index in [4.69, 9.17) is 4.74 Å². The first kappa shape index (κ1) is 21.5. The number of anilines is 1. The highest BCUT2D eigenvalue weighted by Crippen LogP contribution is 2.54. The second-order valence-corrected chi connectivity index (χ2v) is 9.32. The molecule has 1 atom stereocenters. The zero-order valence-electron chi connectivity index (χ0n) is 18.4. The van der Waals surface area contributed by atoms with Crippen LogP contribution in [0.4, 0.5) is 14.5 Å². The molecular formula is C24H20F2N6O3. The Labute approximate surface area is 198 Å². The Kier molecular flexibility index (Phi) is 4.58. The summed E-state index contributed by atoms with van der Waals surface area (Å²) in [6.45, 7) is -1.21. The van der Waals surface area contributed by atoms with Crippen molar-refractivity contribution < 1.29 is 23.1 Å². The number of aromatic nitrogens is 3. The molecule has 9 nitrogen and oxygen atoms in total. The largest absolute Gasteiger partial charge is 0.474 e. The van der Waals surface area contributed by atoms with Crippen LogP contribution in [0.3, 0.4) is 0 Å². The number of rotatable bonds is 4. The van der Waals surface area contributed by atoms with Crippen molar-refractivity contribution in [3.05, 3.63) is 48.2 Å². The van der Waals surface area contributed by atoms with E-state index in [-0.39, 0.29) is 12.0 Å². The van der Waals surface area contributed by atoms with Crippen LogP contribution in [0.15, 0.2) is 42.6 Å². The fourth-order valence-corrected chi connectivity index (χ4v) is 5.42. The van der Waals surface area contributed by atoms with Crippen LogP contribution in [-0.4, -0.2) is 63.1 Å². The van der Waals surface area contributed by atoms with E-state index in [2.05, 4.69) is 15.2 Å². The first-order chi connectivity index (χ1) is 16.8. The maximum atomic E-state index is 13.8. The Morgan fingerprint density at radius 2 is 2.03 bits per heavy atom. The summed E-state index contributed by atoms with van der Waals surface area (Å²) >= 11 is 0. The van der Waals surface area contributed by atoms with Crippen molar-refractivity contribution in [1.29, 1.82) is 5.26 Å². The summed E-state index contributed by atoms with van der Waals surface area (Å²) in [6.07, 6.45) is 1.47. The maximum Gasteiger partial charge on any atom is 0.268 e. The monoisotopic (exact) mass is 478 g/mol. The lowest BCUT2D eigenvalue weighted by molar-refractivity contribution is -0.135. The van der Waals surface area contributed by atoms with Gasteiger partial charge in [0.25, 0.3) is 5.92 Å². The number of likely N-dealkylation sites (tertiary alicyclic amines) is 1. The number of H-pyrrole nitrogens is 1. The number of hydrogen-bond donors (Lipinski definition) is 1. The van der Waals surface area contributed by atoms with Gasteiger partial charge < -0.3 is 14.5 Å². The zero-order chi connectivity index (χ0) is 24.4. The highest BCUT2D eigenvalue weighted by Gasteiger charge is 2.60. The number of nitriles is 1. The molecule has 6 rings (SSSR count). The van der Waals surface area contributed by atoms with Gasteiger partial charge in [0, 0.05) is 31.0 Å². The van der Waals surface area contributed by atoms with Crippen LogP contribution in [0.1, 0.15) is 24.8 Å². The standard InChI is InChI=1S/C24H20F2N6O3/c25-24(26)7-14(10-27)32(13-24)21(33)12-31-19-4-2-1-3-16(19)23(22(31)34)8-15(9-23)35-20-6-5-17-18(29-20)11-28-30-17/h1-6,11,14-15H,7-9,12-13H2,(H,28,30). The molecule has 1 unspecified atom stereocenters. The number of carbonyl (C=O) groups excluding carboxylic acids is 2. The third-order valence-corrected chi connectivity index (χ3v) is 7.11. The Morgan fingerprint density at radius 1 is 1.23 bits per heavy atom. The van der Waals surface area contributed by atoms with Crippen LogP contribution in [0, 0.1) is 11.3 Å².